The molecule has 2 aliphatic heterocycles. The average Bonchev–Trinajstić information content (AvgIpc) is 3.28. The monoisotopic (exact) mass is 488 g/mol. The van der Waals surface area contributed by atoms with E-state index in [4.69, 9.17) is 15.2 Å². The van der Waals surface area contributed by atoms with Gasteiger partial charge in [-0.05, 0) is 43.7 Å². The van der Waals surface area contributed by atoms with Gasteiger partial charge in [-0.2, -0.15) is 13.2 Å². The zero-order valence-corrected chi connectivity index (χ0v) is 19.5. The molecule has 10 heteroatoms. The van der Waals surface area contributed by atoms with E-state index in [0.717, 1.165) is 17.7 Å². The fourth-order valence-electron chi connectivity index (χ4n) is 4.89. The number of nitrogen functional groups attached to an aromatic ring is 1. The average molecular weight is 489 g/mol. The molecule has 2 aromatic carbocycles. The van der Waals surface area contributed by atoms with Gasteiger partial charge in [-0.3, -0.25) is 0 Å². The molecule has 0 bridgehead atoms. The molecule has 0 spiro atoms. The van der Waals surface area contributed by atoms with Crippen molar-refractivity contribution >= 4 is 22.4 Å². The number of aliphatic hydroxyl groups is 1. The first-order chi connectivity index (χ1) is 16.5. The van der Waals surface area contributed by atoms with Gasteiger partial charge >= 0.3 is 6.18 Å². The van der Waals surface area contributed by atoms with Gasteiger partial charge in [0.25, 0.3) is 0 Å². The van der Waals surface area contributed by atoms with Crippen LogP contribution in [0.4, 0.5) is 24.7 Å². The van der Waals surface area contributed by atoms with Crippen LogP contribution in [-0.4, -0.2) is 34.9 Å². The lowest BCUT2D eigenvalue weighted by Crippen LogP contribution is -2.33. The molecule has 3 aromatic rings. The van der Waals surface area contributed by atoms with Crippen LogP contribution in [0.1, 0.15) is 53.9 Å². The number of aryl methyl sites for hydroxylation is 1. The molecular weight excluding hydrogens is 461 g/mol. The number of halogens is 3. The van der Waals surface area contributed by atoms with E-state index in [1.165, 1.54) is 6.07 Å². The summed E-state index contributed by atoms with van der Waals surface area (Å²) >= 11 is 0. The predicted octanol–water partition coefficient (Wildman–Crippen LogP) is 4.65. The van der Waals surface area contributed by atoms with Gasteiger partial charge in [-0.1, -0.05) is 0 Å². The number of anilines is 2. The van der Waals surface area contributed by atoms with E-state index < -0.39 is 23.4 Å². The fourth-order valence-corrected chi connectivity index (χ4v) is 4.89. The smallest absolute Gasteiger partial charge is 0.416 e. The molecule has 7 nitrogen and oxygen atoms in total. The quantitative estimate of drug-likeness (QED) is 0.460. The highest BCUT2D eigenvalue weighted by atomic mass is 19.4. The van der Waals surface area contributed by atoms with Gasteiger partial charge in [0, 0.05) is 54.7 Å². The van der Waals surface area contributed by atoms with Gasteiger partial charge < -0.3 is 25.6 Å². The summed E-state index contributed by atoms with van der Waals surface area (Å²) in [6.07, 6.45) is -2.99. The minimum Gasteiger partial charge on any atom is -0.492 e. The maximum atomic E-state index is 13.3. The van der Waals surface area contributed by atoms with Crippen molar-refractivity contribution in [1.82, 2.24) is 9.97 Å². The van der Waals surface area contributed by atoms with Crippen LogP contribution in [0.25, 0.3) is 10.9 Å². The first kappa shape index (κ1) is 23.6. The van der Waals surface area contributed by atoms with Crippen molar-refractivity contribution in [3.63, 3.8) is 0 Å². The third kappa shape index (κ3) is 4.36. The van der Waals surface area contributed by atoms with E-state index >= 15 is 0 Å². The largest absolute Gasteiger partial charge is 0.492 e. The van der Waals surface area contributed by atoms with Crippen LogP contribution in [0.15, 0.2) is 24.3 Å². The fraction of sp³-hybridized carbons (Fsp3) is 0.440. The SMILES string of the molecule is Cc1nc(NC(C)c2cc(N)cc(C(F)(F)F)c2)c2cc(C3(O)CCOCC3)c3c(c2n1)CCO3. The number of nitrogens with one attached hydrogen (secondary N) is 1. The molecule has 5 rings (SSSR count). The second-order valence-corrected chi connectivity index (χ2v) is 9.24. The number of hydrogen-bond acceptors (Lipinski definition) is 7. The van der Waals surface area contributed by atoms with E-state index in [9.17, 15) is 18.3 Å². The van der Waals surface area contributed by atoms with Crippen molar-refractivity contribution in [2.24, 2.45) is 0 Å². The van der Waals surface area contributed by atoms with Gasteiger partial charge in [0.05, 0.1) is 29.3 Å². The third-order valence-electron chi connectivity index (χ3n) is 6.73. The van der Waals surface area contributed by atoms with Crippen molar-refractivity contribution in [3.8, 4) is 5.75 Å². The Morgan fingerprint density at radius 3 is 2.57 bits per heavy atom. The van der Waals surface area contributed by atoms with Crippen molar-refractivity contribution in [2.45, 2.75) is 50.9 Å². The van der Waals surface area contributed by atoms with Crippen molar-refractivity contribution in [3.05, 3.63) is 52.3 Å². The summed E-state index contributed by atoms with van der Waals surface area (Å²) in [6, 6.07) is 4.84. The number of alkyl halides is 3. The summed E-state index contributed by atoms with van der Waals surface area (Å²) in [5, 5.41) is 15.4. The summed E-state index contributed by atoms with van der Waals surface area (Å²) in [6.45, 7) is 4.88. The molecule has 0 amide bonds. The van der Waals surface area contributed by atoms with Gasteiger partial charge in [0.2, 0.25) is 0 Å². The Morgan fingerprint density at radius 2 is 1.86 bits per heavy atom. The van der Waals surface area contributed by atoms with Crippen LogP contribution in [0.3, 0.4) is 0 Å². The topological polar surface area (TPSA) is 103 Å². The summed E-state index contributed by atoms with van der Waals surface area (Å²) in [4.78, 5) is 9.22. The lowest BCUT2D eigenvalue weighted by molar-refractivity contribution is -0.137. The third-order valence-corrected chi connectivity index (χ3v) is 6.73. The van der Waals surface area contributed by atoms with E-state index in [-0.39, 0.29) is 5.69 Å². The first-order valence-corrected chi connectivity index (χ1v) is 11.6. The Hall–Kier alpha value is -3.11. The number of aromatic nitrogens is 2. The molecule has 0 radical (unpaired) electrons. The number of nitrogens with two attached hydrogens (primary N) is 1. The maximum absolute atomic E-state index is 13.3. The number of nitrogens with zero attached hydrogens (tertiary/aromatic N) is 2. The Morgan fingerprint density at radius 1 is 1.11 bits per heavy atom. The maximum Gasteiger partial charge on any atom is 0.416 e. The summed E-state index contributed by atoms with van der Waals surface area (Å²) in [5.41, 5.74) is 6.57. The molecule has 3 heterocycles. The molecule has 186 valence electrons. The highest BCUT2D eigenvalue weighted by Crippen LogP contribution is 2.45. The van der Waals surface area contributed by atoms with Gasteiger partial charge in [0.15, 0.2) is 0 Å². The van der Waals surface area contributed by atoms with Crippen LogP contribution in [0.2, 0.25) is 0 Å². The molecule has 1 unspecified atom stereocenters. The van der Waals surface area contributed by atoms with Gasteiger partial charge in [0.1, 0.15) is 17.4 Å². The Kier molecular flexibility index (Phi) is 5.76. The van der Waals surface area contributed by atoms with Gasteiger partial charge in [-0.15, -0.1) is 0 Å². The predicted molar refractivity (Wildman–Crippen MR) is 125 cm³/mol. The van der Waals surface area contributed by atoms with Crippen LogP contribution in [0, 0.1) is 6.92 Å². The molecule has 1 saturated heterocycles. The lowest BCUT2D eigenvalue weighted by Gasteiger charge is -2.33. The highest BCUT2D eigenvalue weighted by molar-refractivity contribution is 5.94. The van der Waals surface area contributed by atoms with Crippen LogP contribution in [0.5, 0.6) is 5.75 Å². The number of ether oxygens (including phenoxy) is 2. The molecular formula is C25H27F3N4O3. The highest BCUT2D eigenvalue weighted by Gasteiger charge is 2.38. The lowest BCUT2D eigenvalue weighted by atomic mass is 9.84. The summed E-state index contributed by atoms with van der Waals surface area (Å²) < 4.78 is 51.4. The van der Waals surface area contributed by atoms with Gasteiger partial charge in [-0.25, -0.2) is 9.97 Å². The standard InChI is InChI=1S/C25H27F3N4O3/c1-13(15-9-16(25(26,27)28)11-17(29)10-15)30-23-19-12-20(24(33)4-7-34-8-5-24)22-18(3-6-35-22)21(19)31-14(2)32-23/h9-13,33H,3-8,29H2,1-2H3,(H,30,31,32). The van der Waals surface area contributed by atoms with E-state index in [1.54, 1.807) is 13.8 Å². The molecule has 1 fully saturated rings. The van der Waals surface area contributed by atoms with Crippen LogP contribution >= 0.6 is 0 Å². The summed E-state index contributed by atoms with van der Waals surface area (Å²) in [5.74, 6) is 1.65. The molecule has 1 aromatic heterocycles. The number of rotatable bonds is 4. The molecule has 4 N–H and O–H groups in total. The molecule has 35 heavy (non-hydrogen) atoms. The first-order valence-electron chi connectivity index (χ1n) is 11.6. The normalized spacial score (nSPS) is 18.2. The van der Waals surface area contributed by atoms with E-state index in [1.807, 2.05) is 6.07 Å². The van der Waals surface area contributed by atoms with Crippen molar-refractivity contribution in [2.75, 3.05) is 30.9 Å². The molecule has 0 saturated carbocycles. The van der Waals surface area contributed by atoms with Crippen molar-refractivity contribution < 1.29 is 27.8 Å². The Balaban J connectivity index is 1.61. The summed E-state index contributed by atoms with van der Waals surface area (Å²) in [7, 11) is 0. The number of fused-ring (bicyclic) bond motifs is 3. The number of benzene rings is 2. The van der Waals surface area contributed by atoms with Crippen molar-refractivity contribution in [1.29, 1.82) is 0 Å². The Bertz CT molecular complexity index is 1290. The van der Waals surface area contributed by atoms with E-state index in [0.29, 0.717) is 78.5 Å². The minimum absolute atomic E-state index is 0.0335. The molecule has 2 aliphatic rings. The molecule has 1 atom stereocenters. The zero-order chi connectivity index (χ0) is 25.0. The van der Waals surface area contributed by atoms with E-state index in [2.05, 4.69) is 15.3 Å². The van der Waals surface area contributed by atoms with Crippen LogP contribution in [-0.2, 0) is 22.9 Å². The second-order valence-electron chi connectivity index (χ2n) is 9.24. The molecule has 0 aliphatic carbocycles. The second kappa shape index (κ2) is 8.53. The van der Waals surface area contributed by atoms with Crippen LogP contribution < -0.4 is 15.8 Å². The minimum atomic E-state index is -4.50. The zero-order valence-electron chi connectivity index (χ0n) is 19.5. The Labute approximate surface area is 200 Å². The number of hydrogen-bond donors (Lipinski definition) is 3.